The molecule has 0 radical (unpaired) electrons. The molecular formula is C14H13Cl2NO2. The number of ether oxygens (including phenoxy) is 1. The van der Waals surface area contributed by atoms with Crippen molar-refractivity contribution >= 4 is 28.9 Å². The van der Waals surface area contributed by atoms with Crippen LogP contribution in [-0.2, 0) is 6.54 Å². The Hall–Kier alpha value is -1.58. The molecule has 2 rings (SSSR count). The van der Waals surface area contributed by atoms with Crippen molar-refractivity contribution in [3.05, 3.63) is 52.0 Å². The summed E-state index contributed by atoms with van der Waals surface area (Å²) in [6, 6.07) is 11.0. The largest absolute Gasteiger partial charge is 0.505 e. The smallest absolute Gasteiger partial charge is 0.152 e. The van der Waals surface area contributed by atoms with Crippen molar-refractivity contribution in [3.8, 4) is 11.5 Å². The molecule has 0 bridgehead atoms. The Bertz CT molecular complexity index is 564. The van der Waals surface area contributed by atoms with E-state index in [4.69, 9.17) is 27.9 Å². The fourth-order valence-electron chi connectivity index (χ4n) is 1.65. The monoisotopic (exact) mass is 297 g/mol. The summed E-state index contributed by atoms with van der Waals surface area (Å²) in [7, 11) is 1.63. The summed E-state index contributed by atoms with van der Waals surface area (Å²) in [5.41, 5.74) is 1.82. The highest BCUT2D eigenvalue weighted by molar-refractivity contribution is 6.37. The molecule has 0 fully saturated rings. The van der Waals surface area contributed by atoms with E-state index in [1.165, 1.54) is 0 Å². The Morgan fingerprint density at radius 1 is 1.16 bits per heavy atom. The molecule has 2 aromatic carbocycles. The summed E-state index contributed by atoms with van der Waals surface area (Å²) in [4.78, 5) is 0. The summed E-state index contributed by atoms with van der Waals surface area (Å²) < 4.78 is 5.16. The molecule has 19 heavy (non-hydrogen) atoms. The van der Waals surface area contributed by atoms with Crippen molar-refractivity contribution in [1.29, 1.82) is 0 Å². The molecule has 5 heteroatoms. The van der Waals surface area contributed by atoms with Crippen LogP contribution in [0.2, 0.25) is 10.0 Å². The van der Waals surface area contributed by atoms with Crippen LogP contribution in [0.3, 0.4) is 0 Å². The number of benzene rings is 2. The van der Waals surface area contributed by atoms with Gasteiger partial charge in [0.25, 0.3) is 0 Å². The third kappa shape index (κ3) is 3.46. The second kappa shape index (κ2) is 6.04. The molecule has 2 aromatic rings. The number of halogens is 2. The first kappa shape index (κ1) is 13.8. The van der Waals surface area contributed by atoms with Crippen molar-refractivity contribution in [2.24, 2.45) is 0 Å². The van der Waals surface area contributed by atoms with Crippen LogP contribution in [0.1, 0.15) is 5.56 Å². The molecule has 0 saturated heterocycles. The second-order valence-electron chi connectivity index (χ2n) is 3.99. The maximum atomic E-state index is 9.48. The lowest BCUT2D eigenvalue weighted by molar-refractivity contribution is 0.414. The van der Waals surface area contributed by atoms with E-state index >= 15 is 0 Å². The van der Waals surface area contributed by atoms with Crippen LogP contribution in [0.15, 0.2) is 36.4 Å². The van der Waals surface area contributed by atoms with Gasteiger partial charge in [0.2, 0.25) is 0 Å². The van der Waals surface area contributed by atoms with Crippen LogP contribution < -0.4 is 10.1 Å². The average molecular weight is 298 g/mol. The zero-order valence-electron chi connectivity index (χ0n) is 10.3. The lowest BCUT2D eigenvalue weighted by Crippen LogP contribution is -1.99. The van der Waals surface area contributed by atoms with Crippen LogP contribution in [0.4, 0.5) is 5.69 Å². The molecule has 0 saturated carbocycles. The Morgan fingerprint density at radius 2 is 1.84 bits per heavy atom. The standard InChI is InChI=1S/C14H13Cl2NO2/c1-19-11-4-2-3-9(5-11)8-17-10-6-12(15)14(18)13(16)7-10/h2-7,17-18H,8H2,1H3. The lowest BCUT2D eigenvalue weighted by atomic mass is 10.2. The van der Waals surface area contributed by atoms with Crippen molar-refractivity contribution in [2.45, 2.75) is 6.54 Å². The van der Waals surface area contributed by atoms with E-state index in [0.29, 0.717) is 6.54 Å². The first-order valence-electron chi connectivity index (χ1n) is 5.65. The fraction of sp³-hybridized carbons (Fsp3) is 0.143. The number of rotatable bonds is 4. The van der Waals surface area contributed by atoms with Gasteiger partial charge in [0.15, 0.2) is 5.75 Å². The molecule has 0 aliphatic rings. The Kier molecular flexibility index (Phi) is 4.40. The lowest BCUT2D eigenvalue weighted by Gasteiger charge is -2.09. The molecule has 3 nitrogen and oxygen atoms in total. The molecule has 0 amide bonds. The molecule has 0 aliphatic carbocycles. The average Bonchev–Trinajstić information content (AvgIpc) is 2.42. The Morgan fingerprint density at radius 3 is 2.47 bits per heavy atom. The van der Waals surface area contributed by atoms with Gasteiger partial charge in [-0.3, -0.25) is 0 Å². The first-order chi connectivity index (χ1) is 9.10. The zero-order valence-corrected chi connectivity index (χ0v) is 11.8. The Balaban J connectivity index is 2.10. The summed E-state index contributed by atoms with van der Waals surface area (Å²) in [5, 5.41) is 13.1. The number of hydrogen-bond donors (Lipinski definition) is 2. The van der Waals surface area contributed by atoms with E-state index in [9.17, 15) is 5.11 Å². The molecule has 2 N–H and O–H groups in total. The summed E-state index contributed by atoms with van der Waals surface area (Å²) >= 11 is 11.7. The van der Waals surface area contributed by atoms with E-state index in [1.54, 1.807) is 19.2 Å². The molecule has 0 unspecified atom stereocenters. The highest BCUT2D eigenvalue weighted by atomic mass is 35.5. The Labute approximate surface area is 121 Å². The number of hydrogen-bond acceptors (Lipinski definition) is 3. The minimum absolute atomic E-state index is 0.102. The number of phenols is 1. The molecular weight excluding hydrogens is 285 g/mol. The van der Waals surface area contributed by atoms with Crippen molar-refractivity contribution in [2.75, 3.05) is 12.4 Å². The van der Waals surface area contributed by atoms with Crippen LogP contribution in [0.25, 0.3) is 0 Å². The SMILES string of the molecule is COc1cccc(CNc2cc(Cl)c(O)c(Cl)c2)c1. The van der Waals surface area contributed by atoms with Crippen LogP contribution in [0.5, 0.6) is 11.5 Å². The van der Waals surface area contributed by atoms with Gasteiger partial charge in [-0.1, -0.05) is 35.3 Å². The van der Waals surface area contributed by atoms with E-state index in [1.807, 2.05) is 24.3 Å². The number of methoxy groups -OCH3 is 1. The van der Waals surface area contributed by atoms with Gasteiger partial charge in [-0.25, -0.2) is 0 Å². The van der Waals surface area contributed by atoms with Gasteiger partial charge in [0.1, 0.15) is 5.75 Å². The van der Waals surface area contributed by atoms with Crippen molar-refractivity contribution in [1.82, 2.24) is 0 Å². The zero-order chi connectivity index (χ0) is 13.8. The maximum Gasteiger partial charge on any atom is 0.152 e. The summed E-state index contributed by atoms with van der Waals surface area (Å²) in [6.07, 6.45) is 0. The maximum absolute atomic E-state index is 9.48. The first-order valence-corrected chi connectivity index (χ1v) is 6.40. The highest BCUT2D eigenvalue weighted by Gasteiger charge is 2.06. The highest BCUT2D eigenvalue weighted by Crippen LogP contribution is 2.34. The van der Waals surface area contributed by atoms with Crippen molar-refractivity contribution in [3.63, 3.8) is 0 Å². The number of nitrogens with one attached hydrogen (secondary N) is 1. The van der Waals surface area contributed by atoms with Gasteiger partial charge in [-0.15, -0.1) is 0 Å². The minimum Gasteiger partial charge on any atom is -0.505 e. The normalized spacial score (nSPS) is 10.3. The van der Waals surface area contributed by atoms with Gasteiger partial charge < -0.3 is 15.2 Å². The van der Waals surface area contributed by atoms with Crippen LogP contribution >= 0.6 is 23.2 Å². The fourth-order valence-corrected chi connectivity index (χ4v) is 2.14. The minimum atomic E-state index is -0.102. The number of aromatic hydroxyl groups is 1. The molecule has 0 atom stereocenters. The molecule has 0 aliphatic heterocycles. The van der Waals surface area contributed by atoms with Crippen molar-refractivity contribution < 1.29 is 9.84 Å². The van der Waals surface area contributed by atoms with E-state index in [-0.39, 0.29) is 15.8 Å². The number of anilines is 1. The molecule has 0 heterocycles. The van der Waals surface area contributed by atoms with Gasteiger partial charge in [0, 0.05) is 12.2 Å². The molecule has 0 spiro atoms. The molecule has 0 aromatic heterocycles. The predicted octanol–water partition coefficient (Wildman–Crippen LogP) is 4.32. The summed E-state index contributed by atoms with van der Waals surface area (Å²) in [5.74, 6) is 0.705. The van der Waals surface area contributed by atoms with Gasteiger partial charge in [-0.05, 0) is 29.8 Å². The van der Waals surface area contributed by atoms with E-state index in [0.717, 1.165) is 17.0 Å². The van der Waals surface area contributed by atoms with Gasteiger partial charge in [0.05, 0.1) is 17.2 Å². The second-order valence-corrected chi connectivity index (χ2v) is 4.81. The van der Waals surface area contributed by atoms with E-state index in [2.05, 4.69) is 5.32 Å². The van der Waals surface area contributed by atoms with Crippen LogP contribution in [0, 0.1) is 0 Å². The van der Waals surface area contributed by atoms with Crippen LogP contribution in [-0.4, -0.2) is 12.2 Å². The third-order valence-electron chi connectivity index (χ3n) is 2.65. The van der Waals surface area contributed by atoms with E-state index < -0.39 is 0 Å². The summed E-state index contributed by atoms with van der Waals surface area (Å²) in [6.45, 7) is 0.606. The van der Waals surface area contributed by atoms with Gasteiger partial charge in [-0.2, -0.15) is 0 Å². The predicted molar refractivity (Wildman–Crippen MR) is 78.4 cm³/mol. The topological polar surface area (TPSA) is 41.5 Å². The van der Waals surface area contributed by atoms with Gasteiger partial charge >= 0.3 is 0 Å². The quantitative estimate of drug-likeness (QED) is 0.826. The number of phenolic OH excluding ortho intramolecular Hbond substituents is 1. The third-order valence-corrected chi connectivity index (χ3v) is 3.22. The molecule has 100 valence electrons.